The van der Waals surface area contributed by atoms with Crippen molar-refractivity contribution in [2.24, 2.45) is 5.73 Å². The van der Waals surface area contributed by atoms with E-state index in [1.165, 1.54) is 13.1 Å². The fraction of sp³-hybridized carbons (Fsp3) is 0.375. The lowest BCUT2D eigenvalue weighted by molar-refractivity contribution is -0.136. The van der Waals surface area contributed by atoms with E-state index in [9.17, 15) is 14.4 Å². The van der Waals surface area contributed by atoms with E-state index in [0.29, 0.717) is 0 Å². The maximum Gasteiger partial charge on any atom is 0.318 e. The maximum absolute atomic E-state index is 11.4. The second kappa shape index (κ2) is 5.05. The van der Waals surface area contributed by atoms with Crippen molar-refractivity contribution in [2.45, 2.75) is 19.4 Å². The molecule has 1 heterocycles. The number of aliphatic carboxylic acids is 1. The summed E-state index contributed by atoms with van der Waals surface area (Å²) in [5, 5.41) is 17.6. The second-order valence-electron chi connectivity index (χ2n) is 3.29. The molecule has 0 aliphatic heterocycles. The largest absolute Gasteiger partial charge is 0.481 e. The van der Waals surface area contributed by atoms with Crippen molar-refractivity contribution < 1.29 is 19.5 Å². The summed E-state index contributed by atoms with van der Waals surface area (Å²) >= 11 is 0. The van der Waals surface area contributed by atoms with Crippen molar-refractivity contribution in [3.8, 4) is 0 Å². The van der Waals surface area contributed by atoms with E-state index < -0.39 is 23.9 Å². The topological polar surface area (TPSA) is 140 Å². The number of nitrogens with zero attached hydrogens (tertiary/aromatic N) is 3. The molecule has 1 atom stereocenters. The van der Waals surface area contributed by atoms with Crippen molar-refractivity contribution >= 4 is 17.9 Å². The Hall–Kier alpha value is -2.45. The molecular weight excluding hydrogens is 230 g/mol. The molecule has 17 heavy (non-hydrogen) atoms. The number of imide groups is 1. The number of nitrogens with two attached hydrogens (primary N) is 1. The number of carbonyl (C=O) groups excluding carboxylic acids is 2. The third kappa shape index (κ3) is 3.55. The van der Waals surface area contributed by atoms with Gasteiger partial charge in [-0.25, -0.2) is 9.48 Å². The average Bonchev–Trinajstić information content (AvgIpc) is 2.62. The van der Waals surface area contributed by atoms with Crippen LogP contribution in [0.4, 0.5) is 4.79 Å². The lowest BCUT2D eigenvalue weighted by Gasteiger charge is -2.09. The van der Waals surface area contributed by atoms with E-state index in [0.717, 1.165) is 4.68 Å². The predicted molar refractivity (Wildman–Crippen MR) is 53.8 cm³/mol. The van der Waals surface area contributed by atoms with Gasteiger partial charge in [-0.15, -0.1) is 5.10 Å². The molecule has 0 saturated heterocycles. The highest BCUT2D eigenvalue weighted by molar-refractivity contribution is 5.95. The lowest BCUT2D eigenvalue weighted by Crippen LogP contribution is -2.39. The summed E-state index contributed by atoms with van der Waals surface area (Å²) < 4.78 is 1.15. The molecule has 0 aliphatic carbocycles. The molecule has 1 unspecified atom stereocenters. The van der Waals surface area contributed by atoms with Crippen LogP contribution in [0.1, 0.15) is 18.7 Å². The summed E-state index contributed by atoms with van der Waals surface area (Å²) in [5.41, 5.74) is 5.01. The molecule has 92 valence electrons. The fourth-order valence-electron chi connectivity index (χ4n) is 1.08. The van der Waals surface area contributed by atoms with Crippen molar-refractivity contribution in [1.29, 1.82) is 0 Å². The number of carboxylic acid groups (broad SMARTS) is 1. The molecule has 1 rings (SSSR count). The first kappa shape index (κ1) is 12.6. The van der Waals surface area contributed by atoms with Crippen LogP contribution in [0.3, 0.4) is 0 Å². The van der Waals surface area contributed by atoms with Gasteiger partial charge in [0.1, 0.15) is 6.04 Å². The Bertz CT molecular complexity index is 455. The first-order valence-electron chi connectivity index (χ1n) is 4.63. The molecule has 3 amide bonds. The Morgan fingerprint density at radius 2 is 2.24 bits per heavy atom. The third-order valence-electron chi connectivity index (χ3n) is 1.91. The smallest absolute Gasteiger partial charge is 0.318 e. The van der Waals surface area contributed by atoms with Gasteiger partial charge in [-0.05, 0) is 6.92 Å². The summed E-state index contributed by atoms with van der Waals surface area (Å²) in [7, 11) is 0. The number of rotatable bonds is 4. The van der Waals surface area contributed by atoms with Gasteiger partial charge < -0.3 is 10.8 Å². The van der Waals surface area contributed by atoms with Gasteiger partial charge in [0.05, 0.1) is 12.1 Å². The molecular formula is C8H11N5O4. The molecule has 1 aromatic heterocycles. The summed E-state index contributed by atoms with van der Waals surface area (Å²) in [4.78, 5) is 32.2. The van der Waals surface area contributed by atoms with Gasteiger partial charge in [-0.3, -0.25) is 14.9 Å². The monoisotopic (exact) mass is 241 g/mol. The molecule has 0 aliphatic rings. The SMILES string of the molecule is CC(C(=O)NC(N)=O)n1cc(CC(=O)O)nn1. The first-order valence-corrected chi connectivity index (χ1v) is 4.63. The van der Waals surface area contributed by atoms with E-state index in [2.05, 4.69) is 10.3 Å². The molecule has 9 nitrogen and oxygen atoms in total. The molecule has 1 aromatic rings. The van der Waals surface area contributed by atoms with Crippen LogP contribution in [-0.4, -0.2) is 38.0 Å². The predicted octanol–water partition coefficient (Wildman–Crippen LogP) is -1.34. The second-order valence-corrected chi connectivity index (χ2v) is 3.29. The molecule has 0 bridgehead atoms. The minimum Gasteiger partial charge on any atom is -0.481 e. The number of urea groups is 1. The number of nitrogens with one attached hydrogen (secondary N) is 1. The van der Waals surface area contributed by atoms with Crippen LogP contribution in [0.5, 0.6) is 0 Å². The summed E-state index contributed by atoms with van der Waals surface area (Å²) in [6.07, 6.45) is 1.03. The number of carbonyl (C=O) groups is 3. The van der Waals surface area contributed by atoms with Gasteiger partial charge in [-0.2, -0.15) is 0 Å². The molecule has 0 radical (unpaired) electrons. The zero-order valence-corrected chi connectivity index (χ0v) is 8.95. The summed E-state index contributed by atoms with van der Waals surface area (Å²) in [6, 6.07) is -1.77. The Balaban J connectivity index is 2.72. The molecule has 0 aromatic carbocycles. The lowest BCUT2D eigenvalue weighted by atomic mass is 10.3. The highest BCUT2D eigenvalue weighted by atomic mass is 16.4. The van der Waals surface area contributed by atoms with Gasteiger partial charge >= 0.3 is 12.0 Å². The van der Waals surface area contributed by atoms with E-state index >= 15 is 0 Å². The van der Waals surface area contributed by atoms with Crippen LogP contribution < -0.4 is 11.1 Å². The molecule has 4 N–H and O–H groups in total. The van der Waals surface area contributed by atoms with Crippen molar-refractivity contribution in [1.82, 2.24) is 20.3 Å². The molecule has 0 saturated carbocycles. The van der Waals surface area contributed by atoms with Gasteiger partial charge in [0.2, 0.25) is 0 Å². The number of primary amides is 1. The summed E-state index contributed by atoms with van der Waals surface area (Å²) in [6.45, 7) is 1.47. The Morgan fingerprint density at radius 1 is 1.59 bits per heavy atom. The Kier molecular flexibility index (Phi) is 3.75. The van der Waals surface area contributed by atoms with Crippen LogP contribution in [0.25, 0.3) is 0 Å². The van der Waals surface area contributed by atoms with Crippen molar-refractivity contribution in [3.63, 3.8) is 0 Å². The Labute approximate surface area is 95.6 Å². The number of amides is 3. The minimum atomic E-state index is -1.05. The van der Waals surface area contributed by atoms with E-state index in [-0.39, 0.29) is 12.1 Å². The average molecular weight is 241 g/mol. The number of aromatic nitrogens is 3. The van der Waals surface area contributed by atoms with Gasteiger partial charge in [-0.1, -0.05) is 5.21 Å². The zero-order valence-electron chi connectivity index (χ0n) is 8.95. The van der Waals surface area contributed by atoms with E-state index in [4.69, 9.17) is 10.8 Å². The molecule has 0 fully saturated rings. The standard InChI is InChI=1S/C8H11N5O4/c1-4(7(16)10-8(9)17)13-3-5(11-12-13)2-6(14)15/h3-4H,2H2,1H3,(H,14,15)(H3,9,10,16,17). The zero-order chi connectivity index (χ0) is 13.0. The fourth-order valence-corrected chi connectivity index (χ4v) is 1.08. The van der Waals surface area contributed by atoms with E-state index in [1.807, 2.05) is 5.32 Å². The third-order valence-corrected chi connectivity index (χ3v) is 1.91. The van der Waals surface area contributed by atoms with Crippen molar-refractivity contribution in [2.75, 3.05) is 0 Å². The minimum absolute atomic E-state index is 0.219. The normalized spacial score (nSPS) is 11.8. The van der Waals surface area contributed by atoms with Crippen LogP contribution in [0.15, 0.2) is 6.20 Å². The molecule has 0 spiro atoms. The number of hydrogen-bond donors (Lipinski definition) is 3. The van der Waals surface area contributed by atoms with Crippen LogP contribution in [0, 0.1) is 0 Å². The van der Waals surface area contributed by atoms with Crippen LogP contribution in [0.2, 0.25) is 0 Å². The Morgan fingerprint density at radius 3 is 2.76 bits per heavy atom. The van der Waals surface area contributed by atoms with Gasteiger partial charge in [0.15, 0.2) is 0 Å². The van der Waals surface area contributed by atoms with Crippen molar-refractivity contribution in [3.05, 3.63) is 11.9 Å². The van der Waals surface area contributed by atoms with Crippen LogP contribution in [-0.2, 0) is 16.0 Å². The summed E-state index contributed by atoms with van der Waals surface area (Å²) in [5.74, 6) is -1.70. The number of carboxylic acids is 1. The van der Waals surface area contributed by atoms with Gasteiger partial charge in [0.25, 0.3) is 5.91 Å². The highest BCUT2D eigenvalue weighted by Gasteiger charge is 2.18. The first-order chi connectivity index (χ1) is 7.90. The quantitative estimate of drug-likeness (QED) is 0.596. The van der Waals surface area contributed by atoms with Crippen LogP contribution >= 0.6 is 0 Å². The maximum atomic E-state index is 11.4. The molecule has 9 heteroatoms. The van der Waals surface area contributed by atoms with E-state index in [1.54, 1.807) is 0 Å². The number of hydrogen-bond acceptors (Lipinski definition) is 5. The van der Waals surface area contributed by atoms with Gasteiger partial charge in [0, 0.05) is 6.20 Å². The highest BCUT2D eigenvalue weighted by Crippen LogP contribution is 2.05.